The molecule has 168 valence electrons. The van der Waals surface area contributed by atoms with Crippen molar-refractivity contribution in [1.82, 2.24) is 14.8 Å². The summed E-state index contributed by atoms with van der Waals surface area (Å²) in [5.41, 5.74) is 2.24. The van der Waals surface area contributed by atoms with E-state index >= 15 is 4.39 Å². The lowest BCUT2D eigenvalue weighted by atomic mass is 9.77. The molecule has 2 aliphatic heterocycles. The summed E-state index contributed by atoms with van der Waals surface area (Å²) in [6, 6.07) is 7.44. The zero-order chi connectivity index (χ0) is 22.7. The summed E-state index contributed by atoms with van der Waals surface area (Å²) in [5, 5.41) is 5.31. The molecule has 0 spiro atoms. The molecule has 4 heterocycles. The van der Waals surface area contributed by atoms with Crippen LogP contribution in [0.15, 0.2) is 30.5 Å². The fourth-order valence-electron chi connectivity index (χ4n) is 4.39. The average molecular weight is 437 g/mol. The van der Waals surface area contributed by atoms with Crippen molar-refractivity contribution >= 4 is 23.5 Å². The number of rotatable bonds is 3. The van der Waals surface area contributed by atoms with Gasteiger partial charge in [0, 0.05) is 29.5 Å². The van der Waals surface area contributed by atoms with Crippen LogP contribution in [0.3, 0.4) is 0 Å². The third kappa shape index (κ3) is 3.45. The molecule has 1 aromatic carbocycles. The maximum absolute atomic E-state index is 16.2. The van der Waals surface area contributed by atoms with Gasteiger partial charge in [-0.3, -0.25) is 4.98 Å². The van der Waals surface area contributed by atoms with Crippen LogP contribution in [0.25, 0.3) is 22.2 Å². The Labute approximate surface area is 188 Å². The lowest BCUT2D eigenvalue weighted by Gasteiger charge is -2.32. The second-order valence-electron chi connectivity index (χ2n) is 9.75. The van der Waals surface area contributed by atoms with Crippen molar-refractivity contribution in [2.24, 2.45) is 0 Å². The Hall–Kier alpha value is -2.29. The van der Waals surface area contributed by atoms with Crippen molar-refractivity contribution in [3.8, 4) is 11.3 Å². The fraction of sp³-hybridized carbons (Fsp3) is 0.500. The number of halogens is 1. The lowest BCUT2D eigenvalue weighted by molar-refractivity contribution is -0.0365. The molecule has 2 fully saturated rings. The van der Waals surface area contributed by atoms with Gasteiger partial charge in [-0.1, -0.05) is 6.07 Å². The van der Waals surface area contributed by atoms with Crippen molar-refractivity contribution in [1.29, 1.82) is 0 Å². The first-order chi connectivity index (χ1) is 15.2. The van der Waals surface area contributed by atoms with Crippen LogP contribution in [-0.2, 0) is 14.0 Å². The SMILES string of the molecule is Cc1cc(-c2nn(C3CCCCO3)c3ccc(B4OC(C)(C)C(C)(C)O4)c(F)c23)ccn1. The second-order valence-corrected chi connectivity index (χ2v) is 9.75. The zero-order valence-electron chi connectivity index (χ0n) is 19.3. The summed E-state index contributed by atoms with van der Waals surface area (Å²) in [5.74, 6) is -0.368. The van der Waals surface area contributed by atoms with E-state index in [2.05, 4.69) is 4.98 Å². The van der Waals surface area contributed by atoms with Gasteiger partial charge < -0.3 is 14.0 Å². The monoisotopic (exact) mass is 437 g/mol. The predicted octanol–water partition coefficient (Wildman–Crippen LogP) is 4.54. The largest absolute Gasteiger partial charge is 0.497 e. The Morgan fingerprint density at radius 3 is 2.50 bits per heavy atom. The van der Waals surface area contributed by atoms with E-state index in [1.54, 1.807) is 12.3 Å². The summed E-state index contributed by atoms with van der Waals surface area (Å²) in [7, 11) is -0.786. The van der Waals surface area contributed by atoms with Crippen LogP contribution in [0.5, 0.6) is 0 Å². The van der Waals surface area contributed by atoms with E-state index in [0.29, 0.717) is 28.7 Å². The van der Waals surface area contributed by atoms with E-state index in [-0.39, 0.29) is 12.0 Å². The van der Waals surface area contributed by atoms with Crippen molar-refractivity contribution in [2.75, 3.05) is 6.61 Å². The Bertz CT molecular complexity index is 1150. The maximum atomic E-state index is 16.2. The number of fused-ring (bicyclic) bond motifs is 1. The van der Waals surface area contributed by atoms with Gasteiger partial charge in [-0.05, 0) is 72.1 Å². The highest BCUT2D eigenvalue weighted by Crippen LogP contribution is 2.38. The molecular formula is C24H29BFN3O3. The van der Waals surface area contributed by atoms with Crippen LogP contribution in [0.2, 0.25) is 0 Å². The van der Waals surface area contributed by atoms with Crippen molar-refractivity contribution in [3.05, 3.63) is 42.0 Å². The molecule has 3 aromatic rings. The van der Waals surface area contributed by atoms with Gasteiger partial charge in [0.05, 0.1) is 22.1 Å². The quantitative estimate of drug-likeness (QED) is 0.563. The van der Waals surface area contributed by atoms with Gasteiger partial charge in [-0.25, -0.2) is 9.07 Å². The summed E-state index contributed by atoms with van der Waals surface area (Å²) >= 11 is 0. The van der Waals surface area contributed by atoms with Crippen LogP contribution >= 0.6 is 0 Å². The molecule has 1 unspecified atom stereocenters. The van der Waals surface area contributed by atoms with Crippen LogP contribution in [0, 0.1) is 12.7 Å². The van der Waals surface area contributed by atoms with Crippen LogP contribution in [0.4, 0.5) is 4.39 Å². The standard InChI is InChI=1S/C24H29BFN3O3/c1-15-14-16(11-12-27-15)22-20-18(29(28-22)19-8-6-7-13-30-19)10-9-17(21(20)26)25-31-23(2,3)24(4,5)32-25/h9-12,14,19H,6-8,13H2,1-5H3. The minimum Gasteiger partial charge on any atom is -0.399 e. The van der Waals surface area contributed by atoms with Gasteiger partial charge in [0.2, 0.25) is 0 Å². The molecule has 0 saturated carbocycles. The molecule has 0 radical (unpaired) electrons. The van der Waals surface area contributed by atoms with Crippen LogP contribution in [-0.4, -0.2) is 39.7 Å². The number of hydrogen-bond acceptors (Lipinski definition) is 5. The minimum atomic E-state index is -0.786. The van der Waals surface area contributed by atoms with E-state index in [9.17, 15) is 0 Å². The number of benzene rings is 1. The molecule has 2 aliphatic rings. The average Bonchev–Trinajstić information content (AvgIpc) is 3.24. The van der Waals surface area contributed by atoms with Crippen molar-refractivity contribution < 1.29 is 18.4 Å². The smallest absolute Gasteiger partial charge is 0.399 e. The minimum absolute atomic E-state index is 0.204. The van der Waals surface area contributed by atoms with Gasteiger partial charge in [-0.15, -0.1) is 0 Å². The highest BCUT2D eigenvalue weighted by atomic mass is 19.1. The molecular weight excluding hydrogens is 408 g/mol. The van der Waals surface area contributed by atoms with Gasteiger partial charge in [0.1, 0.15) is 11.5 Å². The first kappa shape index (κ1) is 21.6. The Morgan fingerprint density at radius 2 is 1.84 bits per heavy atom. The second kappa shape index (κ2) is 7.64. The number of pyridine rings is 1. The van der Waals surface area contributed by atoms with Crippen LogP contribution < -0.4 is 5.46 Å². The summed E-state index contributed by atoms with van der Waals surface area (Å²) in [6.45, 7) is 10.5. The van der Waals surface area contributed by atoms with Crippen LogP contribution in [0.1, 0.15) is 58.9 Å². The number of ether oxygens (including phenoxy) is 1. The summed E-state index contributed by atoms with van der Waals surface area (Å²) in [4.78, 5) is 4.28. The van der Waals surface area contributed by atoms with Gasteiger partial charge >= 0.3 is 7.12 Å². The number of nitrogens with zero attached hydrogens (tertiary/aromatic N) is 3. The molecule has 1 atom stereocenters. The third-order valence-electron chi connectivity index (χ3n) is 6.95. The molecule has 2 aromatic heterocycles. The maximum Gasteiger partial charge on any atom is 0.497 e. The van der Waals surface area contributed by atoms with E-state index in [4.69, 9.17) is 19.1 Å². The molecule has 0 bridgehead atoms. The van der Waals surface area contributed by atoms with Gasteiger partial charge in [-0.2, -0.15) is 5.10 Å². The Balaban J connectivity index is 1.69. The third-order valence-corrected chi connectivity index (χ3v) is 6.95. The number of aryl methyl sites for hydroxylation is 1. The zero-order valence-corrected chi connectivity index (χ0v) is 19.3. The fourth-order valence-corrected chi connectivity index (χ4v) is 4.39. The van der Waals surface area contributed by atoms with Gasteiger partial charge in [0.15, 0.2) is 6.23 Å². The molecule has 2 saturated heterocycles. The first-order valence-corrected chi connectivity index (χ1v) is 11.3. The predicted molar refractivity (Wildman–Crippen MR) is 122 cm³/mol. The van der Waals surface area contributed by atoms with E-state index in [0.717, 1.165) is 30.5 Å². The Morgan fingerprint density at radius 1 is 1.09 bits per heavy atom. The molecule has 8 heteroatoms. The van der Waals surface area contributed by atoms with Crippen molar-refractivity contribution in [3.63, 3.8) is 0 Å². The summed E-state index contributed by atoms with van der Waals surface area (Å²) in [6.07, 6.45) is 4.47. The van der Waals surface area contributed by atoms with Crippen molar-refractivity contribution in [2.45, 2.75) is 71.3 Å². The lowest BCUT2D eigenvalue weighted by Crippen LogP contribution is -2.41. The summed E-state index contributed by atoms with van der Waals surface area (Å²) < 4.78 is 36.3. The molecule has 5 rings (SSSR count). The van der Waals surface area contributed by atoms with E-state index in [1.165, 1.54) is 0 Å². The molecule has 0 N–H and O–H groups in total. The molecule has 32 heavy (non-hydrogen) atoms. The van der Waals surface area contributed by atoms with E-state index in [1.807, 2.05) is 57.5 Å². The molecule has 0 amide bonds. The Kier molecular flexibility index (Phi) is 5.15. The topological polar surface area (TPSA) is 58.4 Å². The normalized spacial score (nSPS) is 22.6. The highest BCUT2D eigenvalue weighted by Gasteiger charge is 2.52. The molecule has 0 aliphatic carbocycles. The first-order valence-electron chi connectivity index (χ1n) is 11.3. The highest BCUT2D eigenvalue weighted by molar-refractivity contribution is 6.62. The molecule has 6 nitrogen and oxygen atoms in total. The van der Waals surface area contributed by atoms with E-state index < -0.39 is 18.3 Å². The number of hydrogen-bond donors (Lipinski definition) is 0. The van der Waals surface area contributed by atoms with Gasteiger partial charge in [0.25, 0.3) is 0 Å². The number of aromatic nitrogens is 3.